The molecular formula is C12H8ClF4N3O. The Balaban J connectivity index is 2.23. The van der Waals surface area contributed by atoms with Crippen molar-refractivity contribution >= 4 is 11.6 Å². The topological polar surface area (TPSA) is 47.9 Å². The molecule has 0 spiro atoms. The fourth-order valence-electron chi connectivity index (χ4n) is 1.35. The third-order valence-electron chi connectivity index (χ3n) is 2.47. The van der Waals surface area contributed by atoms with E-state index >= 15 is 0 Å². The van der Waals surface area contributed by atoms with E-state index in [1.165, 1.54) is 12.4 Å². The molecule has 0 saturated heterocycles. The highest BCUT2D eigenvalue weighted by Crippen LogP contribution is 2.27. The van der Waals surface area contributed by atoms with Crippen LogP contribution in [0.3, 0.4) is 0 Å². The third-order valence-corrected chi connectivity index (χ3v) is 2.67. The predicted octanol–water partition coefficient (Wildman–Crippen LogP) is 3.66. The molecule has 0 N–H and O–H groups in total. The zero-order chi connectivity index (χ0) is 15.6. The minimum absolute atomic E-state index is 0.158. The Morgan fingerprint density at radius 3 is 2.38 bits per heavy atom. The van der Waals surface area contributed by atoms with Crippen LogP contribution in [-0.4, -0.2) is 27.2 Å². The van der Waals surface area contributed by atoms with Crippen LogP contribution < -0.4 is 4.74 Å². The number of ether oxygens (including phenoxy) is 1. The van der Waals surface area contributed by atoms with Crippen molar-refractivity contribution in [3.05, 3.63) is 35.6 Å². The minimum atomic E-state index is -4.60. The first kappa shape index (κ1) is 15.4. The van der Waals surface area contributed by atoms with Gasteiger partial charge in [0.1, 0.15) is 5.15 Å². The first-order valence-electron chi connectivity index (χ1n) is 5.64. The Hall–Kier alpha value is -1.96. The summed E-state index contributed by atoms with van der Waals surface area (Å²) in [5.41, 5.74) is 0.518. The van der Waals surface area contributed by atoms with E-state index in [1.807, 2.05) is 0 Å². The summed E-state index contributed by atoms with van der Waals surface area (Å²) in [4.78, 5) is 11.2. The average Bonchev–Trinajstić information content (AvgIpc) is 2.41. The molecule has 2 heterocycles. The molecule has 0 aliphatic carbocycles. The van der Waals surface area contributed by atoms with Crippen LogP contribution in [0.1, 0.15) is 6.92 Å². The van der Waals surface area contributed by atoms with Crippen molar-refractivity contribution < 1.29 is 22.3 Å². The highest BCUT2D eigenvalue weighted by atomic mass is 35.5. The normalized spacial score (nSPS) is 13.0. The zero-order valence-corrected chi connectivity index (χ0v) is 11.3. The van der Waals surface area contributed by atoms with Crippen LogP contribution in [-0.2, 0) is 0 Å². The van der Waals surface area contributed by atoms with Gasteiger partial charge >= 0.3 is 6.18 Å². The summed E-state index contributed by atoms with van der Waals surface area (Å²) in [7, 11) is 0. The van der Waals surface area contributed by atoms with Crippen molar-refractivity contribution in [3.63, 3.8) is 0 Å². The van der Waals surface area contributed by atoms with Gasteiger partial charge in [-0.2, -0.15) is 13.2 Å². The maximum Gasteiger partial charge on any atom is 0.425 e. The minimum Gasteiger partial charge on any atom is -0.463 e. The largest absolute Gasteiger partial charge is 0.463 e. The van der Waals surface area contributed by atoms with E-state index in [1.54, 1.807) is 0 Å². The van der Waals surface area contributed by atoms with Gasteiger partial charge in [0.2, 0.25) is 0 Å². The standard InChI is InChI=1S/C12H8ClF4N3O/c1-6(12(15,16)17)21-11-8(14)2-7(3-20-11)9-4-19-10(13)5-18-9/h2-6H,1H3. The second-order valence-corrected chi connectivity index (χ2v) is 4.42. The molecule has 4 nitrogen and oxygen atoms in total. The summed E-state index contributed by atoms with van der Waals surface area (Å²) in [6.45, 7) is 0.764. The van der Waals surface area contributed by atoms with Crippen molar-refractivity contribution in [3.8, 4) is 17.1 Å². The molecule has 112 valence electrons. The lowest BCUT2D eigenvalue weighted by molar-refractivity contribution is -0.190. The molecule has 0 saturated carbocycles. The molecule has 0 radical (unpaired) electrons. The van der Waals surface area contributed by atoms with E-state index in [0.717, 1.165) is 19.2 Å². The maximum absolute atomic E-state index is 13.7. The molecule has 9 heteroatoms. The summed E-state index contributed by atoms with van der Waals surface area (Å²) in [6.07, 6.45) is -3.09. The second-order valence-electron chi connectivity index (χ2n) is 4.04. The number of hydrogen-bond acceptors (Lipinski definition) is 4. The summed E-state index contributed by atoms with van der Waals surface area (Å²) < 4.78 is 55.2. The maximum atomic E-state index is 13.7. The smallest absolute Gasteiger partial charge is 0.425 e. The number of hydrogen-bond donors (Lipinski definition) is 0. The Kier molecular flexibility index (Phi) is 4.26. The monoisotopic (exact) mass is 321 g/mol. The zero-order valence-electron chi connectivity index (χ0n) is 10.5. The van der Waals surface area contributed by atoms with Gasteiger partial charge in [0.25, 0.3) is 5.88 Å². The van der Waals surface area contributed by atoms with E-state index in [4.69, 9.17) is 11.6 Å². The first-order chi connectivity index (χ1) is 9.77. The van der Waals surface area contributed by atoms with Gasteiger partial charge in [-0.05, 0) is 13.0 Å². The molecule has 2 aromatic heterocycles. The van der Waals surface area contributed by atoms with Crippen LogP contribution in [0.25, 0.3) is 11.3 Å². The molecule has 0 aliphatic rings. The van der Waals surface area contributed by atoms with Gasteiger partial charge in [0.15, 0.2) is 11.9 Å². The average molecular weight is 322 g/mol. The van der Waals surface area contributed by atoms with E-state index in [9.17, 15) is 17.6 Å². The lowest BCUT2D eigenvalue weighted by atomic mass is 10.2. The Morgan fingerprint density at radius 1 is 1.14 bits per heavy atom. The van der Waals surface area contributed by atoms with Gasteiger partial charge < -0.3 is 4.74 Å². The van der Waals surface area contributed by atoms with Crippen molar-refractivity contribution in [1.29, 1.82) is 0 Å². The molecule has 0 fully saturated rings. The van der Waals surface area contributed by atoms with Crippen LogP contribution in [0.5, 0.6) is 5.88 Å². The number of rotatable bonds is 3. The molecule has 1 atom stereocenters. The molecule has 0 bridgehead atoms. The number of pyridine rings is 1. The molecule has 0 aliphatic heterocycles. The summed E-state index contributed by atoms with van der Waals surface area (Å²) >= 11 is 5.57. The Bertz CT molecular complexity index is 633. The predicted molar refractivity (Wildman–Crippen MR) is 66.4 cm³/mol. The van der Waals surface area contributed by atoms with Crippen molar-refractivity contribution in [2.45, 2.75) is 19.2 Å². The molecule has 0 amide bonds. The molecule has 2 aromatic rings. The van der Waals surface area contributed by atoms with Crippen LogP contribution in [0.4, 0.5) is 17.6 Å². The van der Waals surface area contributed by atoms with Crippen molar-refractivity contribution in [2.24, 2.45) is 0 Å². The third kappa shape index (κ3) is 3.78. The molecule has 2 rings (SSSR count). The van der Waals surface area contributed by atoms with Gasteiger partial charge in [-0.3, -0.25) is 4.98 Å². The highest BCUT2D eigenvalue weighted by Gasteiger charge is 2.38. The van der Waals surface area contributed by atoms with Crippen LogP contribution >= 0.6 is 11.6 Å². The molecule has 21 heavy (non-hydrogen) atoms. The van der Waals surface area contributed by atoms with Gasteiger partial charge in [-0.15, -0.1) is 0 Å². The van der Waals surface area contributed by atoms with E-state index in [0.29, 0.717) is 0 Å². The Morgan fingerprint density at radius 2 is 1.86 bits per heavy atom. The van der Waals surface area contributed by atoms with E-state index < -0.39 is 24.0 Å². The molecule has 1 unspecified atom stereocenters. The quantitative estimate of drug-likeness (QED) is 0.809. The number of aromatic nitrogens is 3. The molecule has 0 aromatic carbocycles. The van der Waals surface area contributed by atoms with Crippen molar-refractivity contribution in [2.75, 3.05) is 0 Å². The van der Waals surface area contributed by atoms with E-state index in [-0.39, 0.29) is 16.4 Å². The number of halogens is 5. The summed E-state index contributed by atoms with van der Waals surface area (Å²) in [5, 5.41) is 0.158. The van der Waals surface area contributed by atoms with Gasteiger partial charge in [-0.25, -0.2) is 14.4 Å². The van der Waals surface area contributed by atoms with E-state index in [2.05, 4.69) is 19.7 Å². The van der Waals surface area contributed by atoms with Crippen LogP contribution in [0.2, 0.25) is 5.15 Å². The lowest BCUT2D eigenvalue weighted by Gasteiger charge is -2.17. The lowest BCUT2D eigenvalue weighted by Crippen LogP contribution is -2.31. The number of nitrogens with zero attached hydrogens (tertiary/aromatic N) is 3. The van der Waals surface area contributed by atoms with Gasteiger partial charge in [0, 0.05) is 11.8 Å². The van der Waals surface area contributed by atoms with Crippen molar-refractivity contribution in [1.82, 2.24) is 15.0 Å². The van der Waals surface area contributed by atoms with Crippen LogP contribution in [0.15, 0.2) is 24.7 Å². The second kappa shape index (κ2) is 5.80. The molecular weight excluding hydrogens is 314 g/mol. The van der Waals surface area contributed by atoms with Gasteiger partial charge in [-0.1, -0.05) is 11.6 Å². The van der Waals surface area contributed by atoms with Crippen LogP contribution in [0, 0.1) is 5.82 Å². The first-order valence-corrected chi connectivity index (χ1v) is 6.02. The number of alkyl halides is 3. The summed E-state index contributed by atoms with van der Waals surface area (Å²) in [5.74, 6) is -1.76. The fourth-order valence-corrected chi connectivity index (χ4v) is 1.45. The Labute approximate surface area is 121 Å². The summed E-state index contributed by atoms with van der Waals surface area (Å²) in [6, 6.07) is 0.962. The fraction of sp³-hybridized carbons (Fsp3) is 0.250. The SMILES string of the molecule is CC(Oc1ncc(-c2cnc(Cl)cn2)cc1F)C(F)(F)F. The van der Waals surface area contributed by atoms with Gasteiger partial charge in [0.05, 0.1) is 18.1 Å². The highest BCUT2D eigenvalue weighted by molar-refractivity contribution is 6.29.